The van der Waals surface area contributed by atoms with Crippen molar-refractivity contribution in [3.63, 3.8) is 0 Å². The molecular formula is C36H42Fe2I2N4O5. The second kappa shape index (κ2) is 27.0. The minimum atomic E-state index is 0. The van der Waals surface area contributed by atoms with Crippen LogP contribution in [-0.4, -0.2) is 76.9 Å². The SMILES string of the molecule is Cc1ccc(O)c(C=NCCN=Cc2cc(C)ccc2O)c1.Cc1ccc(O)c(C=NCCN=Cc2cc(C)ccc2O)c1.II.O.[Fe].[Fe]. The number of nitrogens with zero attached hydrogens (tertiary/aromatic N) is 4. The van der Waals surface area contributed by atoms with Crippen LogP contribution in [0.4, 0.5) is 0 Å². The summed E-state index contributed by atoms with van der Waals surface area (Å²) in [6.45, 7) is 9.97. The molecule has 0 radical (unpaired) electrons. The van der Waals surface area contributed by atoms with Gasteiger partial charge in [-0.3, -0.25) is 20.0 Å². The zero-order chi connectivity index (χ0) is 33.9. The van der Waals surface area contributed by atoms with Crippen molar-refractivity contribution in [2.45, 2.75) is 27.7 Å². The van der Waals surface area contributed by atoms with Gasteiger partial charge in [0.05, 0.1) is 26.2 Å². The molecule has 0 heterocycles. The van der Waals surface area contributed by atoms with Crippen LogP contribution in [0.5, 0.6) is 23.0 Å². The molecule has 0 aliphatic carbocycles. The minimum absolute atomic E-state index is 0. The van der Waals surface area contributed by atoms with Crippen LogP contribution in [0.3, 0.4) is 0 Å². The smallest absolute Gasteiger partial charge is 0.124 e. The van der Waals surface area contributed by atoms with Gasteiger partial charge in [0.15, 0.2) is 0 Å². The summed E-state index contributed by atoms with van der Waals surface area (Å²) in [5, 5.41) is 38.8. The third kappa shape index (κ3) is 18.7. The zero-order valence-corrected chi connectivity index (χ0v) is 34.1. The normalized spacial score (nSPS) is 10.5. The van der Waals surface area contributed by atoms with E-state index in [1.807, 2.05) is 76.2 Å². The van der Waals surface area contributed by atoms with Gasteiger partial charge in [-0.05, 0) is 76.2 Å². The molecule has 49 heavy (non-hydrogen) atoms. The van der Waals surface area contributed by atoms with Gasteiger partial charge >= 0.3 is 0 Å². The molecule has 4 rings (SSSR count). The Kier molecular flexibility index (Phi) is 26.6. The van der Waals surface area contributed by atoms with Crippen LogP contribution in [0.2, 0.25) is 0 Å². The van der Waals surface area contributed by atoms with Gasteiger partial charge in [-0.1, -0.05) is 46.5 Å². The molecule has 0 saturated heterocycles. The molecule has 0 aromatic heterocycles. The van der Waals surface area contributed by atoms with Crippen molar-refractivity contribution in [2.75, 3.05) is 26.2 Å². The number of aryl methyl sites for hydroxylation is 4. The summed E-state index contributed by atoms with van der Waals surface area (Å²) in [6, 6.07) is 21.6. The average Bonchev–Trinajstić information content (AvgIpc) is 3.04. The molecule has 4 aromatic carbocycles. The van der Waals surface area contributed by atoms with E-state index in [0.29, 0.717) is 48.4 Å². The van der Waals surface area contributed by atoms with Gasteiger partial charge in [-0.15, -0.1) is 0 Å². The Bertz CT molecular complexity index is 1440. The van der Waals surface area contributed by atoms with E-state index in [4.69, 9.17) is 0 Å². The number of hydrogen-bond donors (Lipinski definition) is 4. The van der Waals surface area contributed by atoms with E-state index in [2.05, 4.69) is 57.2 Å². The van der Waals surface area contributed by atoms with Crippen molar-refractivity contribution in [3.8, 4) is 23.0 Å². The number of phenols is 4. The Morgan fingerprint density at radius 1 is 0.429 bits per heavy atom. The summed E-state index contributed by atoms with van der Waals surface area (Å²) in [4.78, 5) is 17.0. The molecule has 4 aromatic rings. The standard InChI is InChI=1S/2C18H20N2O2.2Fe.I2.H2O/c2*1-13-3-5-17(21)15(9-13)11-19-7-8-20-12-16-10-14(2)4-6-18(16)22;;;1-2;/h2*3-6,9-12,21-22H,7-8H2,1-2H3;;;;1H2. The first kappa shape index (κ1) is 48.3. The third-order valence-electron chi connectivity index (χ3n) is 6.37. The van der Waals surface area contributed by atoms with Gasteiger partial charge in [0.1, 0.15) is 23.0 Å². The van der Waals surface area contributed by atoms with Crippen molar-refractivity contribution in [3.05, 3.63) is 117 Å². The van der Waals surface area contributed by atoms with Crippen molar-refractivity contribution in [1.29, 1.82) is 0 Å². The van der Waals surface area contributed by atoms with Gasteiger partial charge in [-0.25, -0.2) is 0 Å². The first-order chi connectivity index (χ1) is 22.1. The fourth-order valence-corrected chi connectivity index (χ4v) is 3.99. The van der Waals surface area contributed by atoms with E-state index in [0.717, 1.165) is 22.3 Å². The number of aliphatic imine (C=N–C) groups is 4. The molecule has 9 nitrogen and oxygen atoms in total. The molecule has 0 aliphatic heterocycles. The van der Waals surface area contributed by atoms with Crippen LogP contribution in [0.25, 0.3) is 0 Å². The molecule has 0 fully saturated rings. The summed E-state index contributed by atoms with van der Waals surface area (Å²) < 4.78 is 0. The molecule has 0 saturated carbocycles. The molecule has 13 heteroatoms. The van der Waals surface area contributed by atoms with Crippen LogP contribution in [0, 0.1) is 27.7 Å². The van der Waals surface area contributed by atoms with E-state index in [1.165, 1.54) is 0 Å². The summed E-state index contributed by atoms with van der Waals surface area (Å²) in [5.74, 6) is 0.898. The number of hydrogen-bond acceptors (Lipinski definition) is 8. The zero-order valence-electron chi connectivity index (χ0n) is 27.6. The Labute approximate surface area is 333 Å². The number of rotatable bonds is 10. The molecular weight excluding hydrogens is 934 g/mol. The Hall–Kier alpha value is -2.78. The summed E-state index contributed by atoms with van der Waals surface area (Å²) in [6.07, 6.45) is 6.62. The monoisotopic (exact) mass is 976 g/mol. The molecule has 6 N–H and O–H groups in total. The van der Waals surface area contributed by atoms with Crippen LogP contribution in [-0.2, 0) is 34.1 Å². The maximum Gasteiger partial charge on any atom is 0.124 e. The molecule has 0 unspecified atom stereocenters. The van der Waals surface area contributed by atoms with Crippen molar-refractivity contribution in [2.24, 2.45) is 20.0 Å². The minimum Gasteiger partial charge on any atom is -0.507 e. The third-order valence-corrected chi connectivity index (χ3v) is 6.37. The summed E-state index contributed by atoms with van der Waals surface area (Å²) in [7, 11) is 0. The van der Waals surface area contributed by atoms with E-state index in [1.54, 1.807) is 49.1 Å². The fraction of sp³-hybridized carbons (Fsp3) is 0.222. The Morgan fingerprint density at radius 3 is 0.796 bits per heavy atom. The van der Waals surface area contributed by atoms with E-state index < -0.39 is 0 Å². The molecule has 0 spiro atoms. The fourth-order valence-electron chi connectivity index (χ4n) is 3.99. The topological polar surface area (TPSA) is 162 Å². The van der Waals surface area contributed by atoms with E-state index >= 15 is 0 Å². The predicted octanol–water partition coefficient (Wildman–Crippen LogP) is 7.45. The quantitative estimate of drug-likeness (QED) is 0.0563. The van der Waals surface area contributed by atoms with Gasteiger partial charge < -0.3 is 25.9 Å². The van der Waals surface area contributed by atoms with E-state index in [-0.39, 0.29) is 62.6 Å². The number of aromatic hydroxyl groups is 4. The van der Waals surface area contributed by atoms with E-state index in [9.17, 15) is 20.4 Å². The van der Waals surface area contributed by atoms with Gasteiger partial charge in [0.2, 0.25) is 0 Å². The van der Waals surface area contributed by atoms with Crippen molar-refractivity contribution in [1.82, 2.24) is 0 Å². The van der Waals surface area contributed by atoms with Gasteiger partial charge in [-0.2, -0.15) is 0 Å². The van der Waals surface area contributed by atoms with Crippen LogP contribution in [0.15, 0.2) is 92.8 Å². The number of benzene rings is 4. The molecule has 0 amide bonds. The van der Waals surface area contributed by atoms with Crippen LogP contribution in [0.1, 0.15) is 44.5 Å². The van der Waals surface area contributed by atoms with Crippen LogP contribution < -0.4 is 0 Å². The first-order valence-corrected chi connectivity index (χ1v) is 20.7. The summed E-state index contributed by atoms with van der Waals surface area (Å²) in [5.41, 5.74) is 7.14. The van der Waals surface area contributed by atoms with Gasteiger partial charge in [0.25, 0.3) is 0 Å². The van der Waals surface area contributed by atoms with Gasteiger partial charge in [0, 0.05) is 118 Å². The Morgan fingerprint density at radius 2 is 0.612 bits per heavy atom. The second-order valence-electron chi connectivity index (χ2n) is 10.4. The molecule has 0 bridgehead atoms. The largest absolute Gasteiger partial charge is 0.507 e. The maximum absolute atomic E-state index is 9.69. The average molecular weight is 976 g/mol. The molecule has 0 atom stereocenters. The Balaban J connectivity index is 0. The molecule has 0 aliphatic rings. The maximum atomic E-state index is 9.69. The first-order valence-electron chi connectivity index (χ1n) is 14.4. The number of phenolic OH excluding ortho intramolecular Hbond substituents is 4. The van der Waals surface area contributed by atoms with Crippen LogP contribution >= 0.6 is 37.2 Å². The predicted molar refractivity (Wildman–Crippen MR) is 213 cm³/mol. The van der Waals surface area contributed by atoms with Crippen molar-refractivity contribution < 1.29 is 60.0 Å². The van der Waals surface area contributed by atoms with Crippen molar-refractivity contribution >= 4 is 62.1 Å². The second-order valence-corrected chi connectivity index (χ2v) is 10.4. The molecule has 266 valence electrons. The number of halogens is 2. The summed E-state index contributed by atoms with van der Waals surface area (Å²) >= 11 is 4.24.